The molecule has 0 saturated heterocycles. The van der Waals surface area contributed by atoms with Crippen LogP contribution in [-0.2, 0) is 24.1 Å². The number of halogens is 5. The molecule has 2 aromatic heterocycles. The third-order valence-electron chi connectivity index (χ3n) is 3.73. The molecule has 0 atom stereocenters. The van der Waals surface area contributed by atoms with Gasteiger partial charge in [-0.1, -0.05) is 11.6 Å². The molecule has 2 heterocycles. The number of carbonyl (C=O) groups excluding carboxylic acids is 1. The molecule has 2 rings (SSSR count). The minimum Gasteiger partial charge on any atom is -0.356 e. The number of hydrogen-bond acceptors (Lipinski definition) is 3. The monoisotopic (exact) mass is 455 g/mol. The molecule has 0 aliphatic heterocycles. The first kappa shape index (κ1) is 20.8. The van der Waals surface area contributed by atoms with E-state index in [9.17, 15) is 18.0 Å². The summed E-state index contributed by atoms with van der Waals surface area (Å²) in [7, 11) is 0. The van der Waals surface area contributed by atoms with Crippen molar-refractivity contribution < 1.29 is 18.0 Å². The fourth-order valence-electron chi connectivity index (χ4n) is 2.30. The molecule has 0 aromatic carbocycles. The van der Waals surface area contributed by atoms with Crippen molar-refractivity contribution in [3.63, 3.8) is 0 Å². The van der Waals surface area contributed by atoms with Crippen molar-refractivity contribution in [2.24, 2.45) is 0 Å². The molecule has 0 aliphatic carbocycles. The van der Waals surface area contributed by atoms with Crippen LogP contribution in [-0.4, -0.2) is 32.0 Å². The predicted molar refractivity (Wildman–Crippen MR) is 93.9 cm³/mol. The van der Waals surface area contributed by atoms with Gasteiger partial charge in [-0.15, -0.1) is 0 Å². The first-order valence-electron chi connectivity index (χ1n) is 7.86. The second-order valence-electron chi connectivity index (χ2n) is 5.75. The summed E-state index contributed by atoms with van der Waals surface area (Å²) in [5.74, 6) is -0.262. The average molecular weight is 457 g/mol. The topological polar surface area (TPSA) is 64.7 Å². The van der Waals surface area contributed by atoms with E-state index in [2.05, 4.69) is 31.4 Å². The zero-order chi connectivity index (χ0) is 19.5. The van der Waals surface area contributed by atoms with Gasteiger partial charge < -0.3 is 5.32 Å². The Balaban J connectivity index is 1.77. The number of aryl methyl sites for hydroxylation is 3. The van der Waals surface area contributed by atoms with E-state index in [4.69, 9.17) is 11.6 Å². The first-order chi connectivity index (χ1) is 12.1. The Morgan fingerprint density at radius 3 is 2.54 bits per heavy atom. The van der Waals surface area contributed by atoms with E-state index in [0.717, 1.165) is 14.8 Å². The summed E-state index contributed by atoms with van der Waals surface area (Å²) in [6.07, 6.45) is -2.05. The number of carbonyl (C=O) groups is 1. The Bertz CT molecular complexity index is 768. The highest BCUT2D eigenvalue weighted by Crippen LogP contribution is 2.35. The summed E-state index contributed by atoms with van der Waals surface area (Å²) in [6.45, 7) is 4.44. The zero-order valence-corrected chi connectivity index (χ0v) is 16.5. The quantitative estimate of drug-likeness (QED) is 0.646. The van der Waals surface area contributed by atoms with Crippen LogP contribution in [0.4, 0.5) is 13.2 Å². The highest BCUT2D eigenvalue weighted by atomic mass is 79.9. The molecule has 144 valence electrons. The smallest absolute Gasteiger partial charge is 0.356 e. The number of hydrogen-bond donors (Lipinski definition) is 1. The standard InChI is InChI=1S/C15H18BrClF3N5O/c1-9-11(16)8-24(22-9)6-3-5-21-12(26)4-7-25-10(2)13(17)14(23-25)15(18,19)20/h8H,3-7H2,1-2H3,(H,21,26). The summed E-state index contributed by atoms with van der Waals surface area (Å²) < 4.78 is 42.1. The summed E-state index contributed by atoms with van der Waals surface area (Å²) in [5.41, 5.74) is -0.0512. The Morgan fingerprint density at radius 1 is 1.31 bits per heavy atom. The Hall–Kier alpha value is -1.55. The van der Waals surface area contributed by atoms with Gasteiger partial charge in [0, 0.05) is 25.7 Å². The van der Waals surface area contributed by atoms with Gasteiger partial charge in [0.1, 0.15) is 0 Å². The number of amides is 1. The van der Waals surface area contributed by atoms with E-state index in [1.54, 1.807) is 4.68 Å². The molecule has 0 unspecified atom stereocenters. The van der Waals surface area contributed by atoms with Gasteiger partial charge in [0.05, 0.1) is 27.4 Å². The van der Waals surface area contributed by atoms with Gasteiger partial charge in [0.25, 0.3) is 0 Å². The predicted octanol–water partition coefficient (Wildman–Crippen LogP) is 3.73. The van der Waals surface area contributed by atoms with Gasteiger partial charge in [-0.25, -0.2) is 0 Å². The van der Waals surface area contributed by atoms with Crippen LogP contribution in [0.5, 0.6) is 0 Å². The third kappa shape index (κ3) is 5.23. The van der Waals surface area contributed by atoms with Gasteiger partial charge in [-0.05, 0) is 36.2 Å². The van der Waals surface area contributed by atoms with Crippen molar-refractivity contribution >= 4 is 33.4 Å². The second kappa shape index (κ2) is 8.43. The van der Waals surface area contributed by atoms with Crippen molar-refractivity contribution in [3.8, 4) is 0 Å². The number of nitrogens with one attached hydrogen (secondary N) is 1. The molecule has 0 aliphatic rings. The number of nitrogens with zero attached hydrogens (tertiary/aromatic N) is 4. The zero-order valence-electron chi connectivity index (χ0n) is 14.2. The lowest BCUT2D eigenvalue weighted by molar-refractivity contribution is -0.141. The van der Waals surface area contributed by atoms with Crippen LogP contribution in [0.15, 0.2) is 10.7 Å². The summed E-state index contributed by atoms with van der Waals surface area (Å²) in [4.78, 5) is 11.8. The molecular weight excluding hydrogens is 439 g/mol. The number of alkyl halides is 3. The fraction of sp³-hybridized carbons (Fsp3) is 0.533. The van der Waals surface area contributed by atoms with Crippen LogP contribution in [0, 0.1) is 13.8 Å². The van der Waals surface area contributed by atoms with Crippen LogP contribution in [0.25, 0.3) is 0 Å². The van der Waals surface area contributed by atoms with Gasteiger partial charge in [0.2, 0.25) is 5.91 Å². The van der Waals surface area contributed by atoms with Gasteiger partial charge in [-0.2, -0.15) is 23.4 Å². The van der Waals surface area contributed by atoms with E-state index in [1.165, 1.54) is 6.92 Å². The highest BCUT2D eigenvalue weighted by molar-refractivity contribution is 9.10. The van der Waals surface area contributed by atoms with E-state index < -0.39 is 16.9 Å². The second-order valence-corrected chi connectivity index (χ2v) is 6.98. The van der Waals surface area contributed by atoms with Crippen molar-refractivity contribution in [3.05, 3.63) is 32.8 Å². The van der Waals surface area contributed by atoms with Crippen LogP contribution in [0.2, 0.25) is 5.02 Å². The maximum atomic E-state index is 12.8. The van der Waals surface area contributed by atoms with E-state index in [-0.39, 0.29) is 24.6 Å². The SMILES string of the molecule is Cc1nn(CCCNC(=O)CCn2nc(C(F)(F)F)c(Cl)c2C)cc1Br. The fourth-order valence-corrected chi connectivity index (χ4v) is 2.85. The number of rotatable bonds is 7. The number of aromatic nitrogens is 4. The first-order valence-corrected chi connectivity index (χ1v) is 9.03. The minimum atomic E-state index is -4.62. The van der Waals surface area contributed by atoms with Crippen molar-refractivity contribution in [2.45, 2.75) is 46.0 Å². The van der Waals surface area contributed by atoms with E-state index in [0.29, 0.717) is 19.5 Å². The van der Waals surface area contributed by atoms with Gasteiger partial charge in [-0.3, -0.25) is 14.2 Å². The molecular formula is C15H18BrClF3N5O. The molecule has 26 heavy (non-hydrogen) atoms. The lowest BCUT2D eigenvalue weighted by Gasteiger charge is -2.07. The molecule has 0 bridgehead atoms. The molecule has 1 amide bonds. The lowest BCUT2D eigenvalue weighted by Crippen LogP contribution is -2.26. The normalized spacial score (nSPS) is 11.8. The summed E-state index contributed by atoms with van der Waals surface area (Å²) >= 11 is 9.05. The van der Waals surface area contributed by atoms with Gasteiger partial charge >= 0.3 is 6.18 Å². The molecule has 0 spiro atoms. The average Bonchev–Trinajstić information content (AvgIpc) is 3.02. The van der Waals surface area contributed by atoms with E-state index in [1.807, 2.05) is 13.1 Å². The van der Waals surface area contributed by atoms with Crippen molar-refractivity contribution in [2.75, 3.05) is 6.54 Å². The Labute approximate surface area is 161 Å². The lowest BCUT2D eigenvalue weighted by atomic mass is 10.3. The highest BCUT2D eigenvalue weighted by Gasteiger charge is 2.38. The molecule has 0 radical (unpaired) electrons. The summed E-state index contributed by atoms with van der Waals surface area (Å²) in [6, 6.07) is 0. The molecule has 2 aromatic rings. The van der Waals surface area contributed by atoms with Crippen LogP contribution in [0.1, 0.15) is 29.9 Å². The maximum absolute atomic E-state index is 12.8. The van der Waals surface area contributed by atoms with Crippen molar-refractivity contribution in [1.29, 1.82) is 0 Å². The largest absolute Gasteiger partial charge is 0.436 e. The van der Waals surface area contributed by atoms with Crippen LogP contribution < -0.4 is 5.32 Å². The molecule has 6 nitrogen and oxygen atoms in total. The molecule has 11 heteroatoms. The molecule has 0 fully saturated rings. The van der Waals surface area contributed by atoms with Gasteiger partial charge in [0.15, 0.2) is 5.69 Å². The maximum Gasteiger partial charge on any atom is 0.436 e. The van der Waals surface area contributed by atoms with Crippen LogP contribution in [0.3, 0.4) is 0 Å². The molecule has 0 saturated carbocycles. The minimum absolute atomic E-state index is 0.0164. The summed E-state index contributed by atoms with van der Waals surface area (Å²) in [5, 5.41) is 10.0. The molecule has 1 N–H and O–H groups in total. The van der Waals surface area contributed by atoms with Crippen molar-refractivity contribution in [1.82, 2.24) is 24.9 Å². The van der Waals surface area contributed by atoms with E-state index >= 15 is 0 Å². The third-order valence-corrected chi connectivity index (χ3v) is 4.96. The Kier molecular flexibility index (Phi) is 6.73. The van der Waals surface area contributed by atoms with Crippen LogP contribution >= 0.6 is 27.5 Å². The Morgan fingerprint density at radius 2 is 2.00 bits per heavy atom.